The summed E-state index contributed by atoms with van der Waals surface area (Å²) >= 11 is 0. The standard InChI is InChI=1S/C18H26N4O/c1-4-19-18(21-13-15-10-12-22(2)14-15)20-11-9-16-7-5-6-8-17(16)23-3/h5-8,10,12,14H,4,9,11,13H2,1-3H3,(H2,19,20,21). The molecule has 0 bridgehead atoms. The fourth-order valence-electron chi connectivity index (χ4n) is 2.39. The summed E-state index contributed by atoms with van der Waals surface area (Å²) in [5.74, 6) is 1.77. The number of aromatic nitrogens is 1. The van der Waals surface area contributed by atoms with Crippen LogP contribution in [0.3, 0.4) is 0 Å². The van der Waals surface area contributed by atoms with Crippen LogP contribution in [0.5, 0.6) is 5.75 Å². The molecule has 0 aliphatic heterocycles. The minimum absolute atomic E-state index is 0.671. The molecule has 0 amide bonds. The van der Waals surface area contributed by atoms with Gasteiger partial charge in [-0.3, -0.25) is 0 Å². The lowest BCUT2D eigenvalue weighted by atomic mass is 10.1. The molecule has 5 nitrogen and oxygen atoms in total. The molecule has 2 aromatic rings. The lowest BCUT2D eigenvalue weighted by Gasteiger charge is -2.12. The summed E-state index contributed by atoms with van der Waals surface area (Å²) in [6, 6.07) is 10.2. The highest BCUT2D eigenvalue weighted by Crippen LogP contribution is 2.17. The fraction of sp³-hybridized carbons (Fsp3) is 0.389. The third-order valence-corrected chi connectivity index (χ3v) is 3.54. The Morgan fingerprint density at radius 2 is 2.04 bits per heavy atom. The van der Waals surface area contributed by atoms with Crippen LogP contribution in [-0.4, -0.2) is 30.7 Å². The summed E-state index contributed by atoms with van der Waals surface area (Å²) in [7, 11) is 3.72. The quantitative estimate of drug-likeness (QED) is 0.609. The summed E-state index contributed by atoms with van der Waals surface area (Å²) in [6.45, 7) is 4.39. The van der Waals surface area contributed by atoms with Gasteiger partial charge in [0.15, 0.2) is 5.96 Å². The molecular weight excluding hydrogens is 288 g/mol. The van der Waals surface area contributed by atoms with Crippen molar-refractivity contribution >= 4 is 5.96 Å². The maximum Gasteiger partial charge on any atom is 0.191 e. The monoisotopic (exact) mass is 314 g/mol. The van der Waals surface area contributed by atoms with E-state index in [0.29, 0.717) is 6.54 Å². The van der Waals surface area contributed by atoms with Gasteiger partial charge in [-0.25, -0.2) is 4.99 Å². The first-order chi connectivity index (χ1) is 11.2. The SMILES string of the molecule is CCNC(=NCc1ccn(C)c1)NCCc1ccccc1OC. The number of nitrogens with one attached hydrogen (secondary N) is 2. The van der Waals surface area contributed by atoms with Crippen LogP contribution in [0.1, 0.15) is 18.1 Å². The number of ether oxygens (including phenoxy) is 1. The van der Waals surface area contributed by atoms with Crippen LogP contribution in [0, 0.1) is 0 Å². The molecule has 0 aliphatic rings. The molecule has 1 aromatic heterocycles. The van der Waals surface area contributed by atoms with Crippen molar-refractivity contribution in [3.63, 3.8) is 0 Å². The van der Waals surface area contributed by atoms with Gasteiger partial charge in [-0.05, 0) is 36.6 Å². The largest absolute Gasteiger partial charge is 0.496 e. The minimum Gasteiger partial charge on any atom is -0.496 e. The second-order valence-corrected chi connectivity index (χ2v) is 5.37. The maximum atomic E-state index is 5.38. The minimum atomic E-state index is 0.671. The van der Waals surface area contributed by atoms with Crippen LogP contribution in [0.25, 0.3) is 0 Å². The molecule has 23 heavy (non-hydrogen) atoms. The zero-order chi connectivity index (χ0) is 16.5. The Kier molecular flexibility index (Phi) is 6.54. The van der Waals surface area contributed by atoms with E-state index in [9.17, 15) is 0 Å². The maximum absolute atomic E-state index is 5.38. The average molecular weight is 314 g/mol. The van der Waals surface area contributed by atoms with Crippen LogP contribution in [0.15, 0.2) is 47.7 Å². The molecule has 124 valence electrons. The molecule has 1 heterocycles. The highest BCUT2D eigenvalue weighted by atomic mass is 16.5. The van der Waals surface area contributed by atoms with Gasteiger partial charge in [0.2, 0.25) is 0 Å². The van der Waals surface area contributed by atoms with E-state index in [1.807, 2.05) is 36.0 Å². The Hall–Kier alpha value is -2.43. The van der Waals surface area contributed by atoms with E-state index in [2.05, 4.69) is 40.9 Å². The van der Waals surface area contributed by atoms with Crippen molar-refractivity contribution < 1.29 is 4.74 Å². The average Bonchev–Trinajstić information content (AvgIpc) is 2.98. The second-order valence-electron chi connectivity index (χ2n) is 5.37. The Balaban J connectivity index is 1.89. The topological polar surface area (TPSA) is 50.6 Å². The van der Waals surface area contributed by atoms with Crippen molar-refractivity contribution in [3.8, 4) is 5.75 Å². The van der Waals surface area contributed by atoms with Gasteiger partial charge in [-0.2, -0.15) is 0 Å². The molecule has 0 unspecified atom stereocenters. The molecule has 0 fully saturated rings. The fourth-order valence-corrected chi connectivity index (χ4v) is 2.39. The Labute approximate surface area is 138 Å². The third kappa shape index (κ3) is 5.36. The summed E-state index contributed by atoms with van der Waals surface area (Å²) in [6.07, 6.45) is 5.01. The molecule has 2 rings (SSSR count). The summed E-state index contributed by atoms with van der Waals surface area (Å²) in [5, 5.41) is 6.65. The number of rotatable bonds is 7. The van der Waals surface area contributed by atoms with Crippen molar-refractivity contribution in [3.05, 3.63) is 53.9 Å². The zero-order valence-corrected chi connectivity index (χ0v) is 14.2. The zero-order valence-electron chi connectivity index (χ0n) is 14.2. The van der Waals surface area contributed by atoms with Gasteiger partial charge in [0.25, 0.3) is 0 Å². The number of aliphatic imine (C=N–C) groups is 1. The highest BCUT2D eigenvalue weighted by Gasteiger charge is 2.03. The van der Waals surface area contributed by atoms with E-state index in [-0.39, 0.29) is 0 Å². The van der Waals surface area contributed by atoms with E-state index in [1.54, 1.807) is 7.11 Å². The molecule has 5 heteroatoms. The number of methoxy groups -OCH3 is 1. The van der Waals surface area contributed by atoms with Crippen molar-refractivity contribution in [1.29, 1.82) is 0 Å². The number of para-hydroxylation sites is 1. The first kappa shape index (κ1) is 16.9. The van der Waals surface area contributed by atoms with Gasteiger partial charge in [0.05, 0.1) is 13.7 Å². The Morgan fingerprint density at radius 1 is 1.22 bits per heavy atom. The molecule has 0 radical (unpaired) electrons. The number of hydrogen-bond acceptors (Lipinski definition) is 2. The predicted octanol–water partition coefficient (Wildman–Crippen LogP) is 2.33. The number of benzene rings is 1. The molecule has 0 aliphatic carbocycles. The highest BCUT2D eigenvalue weighted by molar-refractivity contribution is 5.79. The number of nitrogens with zero attached hydrogens (tertiary/aromatic N) is 2. The molecule has 0 atom stereocenters. The van der Waals surface area contributed by atoms with Gasteiger partial charge in [0, 0.05) is 32.5 Å². The van der Waals surface area contributed by atoms with E-state index < -0.39 is 0 Å². The second kappa shape index (κ2) is 8.88. The summed E-state index contributed by atoms with van der Waals surface area (Å²) in [4.78, 5) is 4.62. The van der Waals surface area contributed by atoms with E-state index >= 15 is 0 Å². The molecule has 2 N–H and O–H groups in total. The van der Waals surface area contributed by atoms with E-state index in [4.69, 9.17) is 4.74 Å². The van der Waals surface area contributed by atoms with Gasteiger partial charge >= 0.3 is 0 Å². The third-order valence-electron chi connectivity index (χ3n) is 3.54. The molecule has 0 saturated heterocycles. The van der Waals surface area contributed by atoms with Crippen LogP contribution < -0.4 is 15.4 Å². The number of aryl methyl sites for hydroxylation is 1. The van der Waals surface area contributed by atoms with Gasteiger partial charge in [-0.15, -0.1) is 0 Å². The van der Waals surface area contributed by atoms with Crippen molar-refractivity contribution in [1.82, 2.24) is 15.2 Å². The first-order valence-electron chi connectivity index (χ1n) is 7.98. The van der Waals surface area contributed by atoms with Crippen LogP contribution in [0.2, 0.25) is 0 Å². The van der Waals surface area contributed by atoms with Crippen molar-refractivity contribution in [2.45, 2.75) is 19.9 Å². The molecular formula is C18H26N4O. The van der Waals surface area contributed by atoms with Crippen molar-refractivity contribution in [2.75, 3.05) is 20.2 Å². The van der Waals surface area contributed by atoms with Crippen molar-refractivity contribution in [2.24, 2.45) is 12.0 Å². The lowest BCUT2D eigenvalue weighted by molar-refractivity contribution is 0.409. The lowest BCUT2D eigenvalue weighted by Crippen LogP contribution is -2.38. The summed E-state index contributed by atoms with van der Waals surface area (Å²) in [5.41, 5.74) is 2.40. The van der Waals surface area contributed by atoms with Gasteiger partial charge in [-0.1, -0.05) is 18.2 Å². The van der Waals surface area contributed by atoms with Crippen LogP contribution in [0.4, 0.5) is 0 Å². The van der Waals surface area contributed by atoms with E-state index in [0.717, 1.165) is 31.2 Å². The van der Waals surface area contributed by atoms with Gasteiger partial charge < -0.3 is 19.9 Å². The van der Waals surface area contributed by atoms with Crippen LogP contribution in [-0.2, 0) is 20.0 Å². The molecule has 0 spiro atoms. The Bertz CT molecular complexity index is 633. The van der Waals surface area contributed by atoms with Gasteiger partial charge in [0.1, 0.15) is 5.75 Å². The first-order valence-corrected chi connectivity index (χ1v) is 7.98. The normalized spacial score (nSPS) is 11.3. The number of guanidine groups is 1. The summed E-state index contributed by atoms with van der Waals surface area (Å²) < 4.78 is 7.42. The molecule has 1 aromatic carbocycles. The van der Waals surface area contributed by atoms with E-state index in [1.165, 1.54) is 11.1 Å². The van der Waals surface area contributed by atoms with Crippen LogP contribution >= 0.6 is 0 Å². The molecule has 0 saturated carbocycles. The smallest absolute Gasteiger partial charge is 0.191 e. The number of hydrogen-bond donors (Lipinski definition) is 2. The predicted molar refractivity (Wildman–Crippen MR) is 94.9 cm³/mol. The Morgan fingerprint density at radius 3 is 2.74 bits per heavy atom.